The van der Waals surface area contributed by atoms with Gasteiger partial charge in [-0.1, -0.05) is 23.4 Å². The Morgan fingerprint density at radius 1 is 1.42 bits per heavy atom. The summed E-state index contributed by atoms with van der Waals surface area (Å²) in [6, 6.07) is 1.29. The molecular weight excluding hydrogens is 394 g/mol. The topological polar surface area (TPSA) is 125 Å². The normalized spacial score (nSPS) is 17.7. The number of allylic oxidation sites excluding steroid dienone is 5. The van der Waals surface area contributed by atoms with Crippen molar-refractivity contribution in [1.29, 1.82) is 5.41 Å². The van der Waals surface area contributed by atoms with Gasteiger partial charge in [0, 0.05) is 36.1 Å². The molecule has 1 aliphatic rings. The van der Waals surface area contributed by atoms with Crippen LogP contribution in [0.3, 0.4) is 0 Å². The van der Waals surface area contributed by atoms with Crippen molar-refractivity contribution in [2.75, 3.05) is 13.1 Å². The predicted molar refractivity (Wildman–Crippen MR) is 120 cm³/mol. The van der Waals surface area contributed by atoms with Crippen LogP contribution in [0.25, 0.3) is 0 Å². The fourth-order valence-electron chi connectivity index (χ4n) is 3.76. The summed E-state index contributed by atoms with van der Waals surface area (Å²) < 4.78 is 5.12. The van der Waals surface area contributed by atoms with Gasteiger partial charge in [-0.05, 0) is 52.5 Å². The number of hydrogen-bond donors (Lipinski definition) is 3. The number of aryl methyl sites for hydroxylation is 1. The van der Waals surface area contributed by atoms with Gasteiger partial charge in [-0.3, -0.25) is 9.59 Å². The Kier molecular flexibility index (Phi) is 8.78. The van der Waals surface area contributed by atoms with Crippen LogP contribution in [0, 0.1) is 12.3 Å². The van der Waals surface area contributed by atoms with E-state index in [9.17, 15) is 9.59 Å². The number of nitrogens with one attached hydrogen (secondary N) is 2. The minimum absolute atomic E-state index is 0.113. The molecule has 8 heteroatoms. The number of hydrogen-bond acceptors (Lipinski definition) is 6. The molecule has 1 aliphatic heterocycles. The van der Waals surface area contributed by atoms with E-state index in [1.165, 1.54) is 0 Å². The standard InChI is InChI=1S/C23H33N5O3/c1-5-18(22(16(3)24)17(4)25)9-6-7-11-26-23(30)20-10-8-12-28(20)21(29)14-19-13-15(2)27-31-19/h5-6,9,13,20,24H,7-8,10-12,14,25H2,1-4H3,(H,26,30)/b9-6-,18-5+,22-17+,24-16?/t20-/m0/s1. The average molecular weight is 428 g/mol. The fraction of sp³-hybridized carbons (Fsp3) is 0.478. The SMILES string of the molecule is C/C=C(\C=C/CCNC(=O)[C@@H]1CCCN1C(=O)Cc1cc(C)no1)C(/C(C)=N)=C(\C)N. The molecular formula is C23H33N5O3. The number of likely N-dealkylation sites (tertiary alicyclic amines) is 1. The van der Waals surface area contributed by atoms with E-state index in [1.54, 1.807) is 31.7 Å². The molecule has 8 nitrogen and oxygen atoms in total. The lowest BCUT2D eigenvalue weighted by Gasteiger charge is -2.23. The van der Waals surface area contributed by atoms with Crippen LogP contribution in [0.2, 0.25) is 0 Å². The van der Waals surface area contributed by atoms with Gasteiger partial charge in [0.1, 0.15) is 11.8 Å². The van der Waals surface area contributed by atoms with Crippen molar-refractivity contribution in [2.24, 2.45) is 5.73 Å². The maximum Gasteiger partial charge on any atom is 0.242 e. The Morgan fingerprint density at radius 2 is 2.16 bits per heavy atom. The minimum Gasteiger partial charge on any atom is -0.402 e. The van der Waals surface area contributed by atoms with Crippen molar-refractivity contribution in [3.8, 4) is 0 Å². The molecule has 0 aliphatic carbocycles. The maximum atomic E-state index is 12.6. The van der Waals surface area contributed by atoms with Gasteiger partial charge < -0.3 is 25.9 Å². The maximum absolute atomic E-state index is 12.6. The van der Waals surface area contributed by atoms with Crippen LogP contribution in [0.5, 0.6) is 0 Å². The van der Waals surface area contributed by atoms with E-state index in [0.717, 1.165) is 23.3 Å². The van der Waals surface area contributed by atoms with Gasteiger partial charge in [0.15, 0.2) is 0 Å². The molecule has 168 valence electrons. The van der Waals surface area contributed by atoms with E-state index in [-0.39, 0.29) is 18.2 Å². The molecule has 2 heterocycles. The zero-order chi connectivity index (χ0) is 23.0. The highest BCUT2D eigenvalue weighted by molar-refractivity contribution is 6.01. The molecule has 31 heavy (non-hydrogen) atoms. The van der Waals surface area contributed by atoms with Crippen molar-refractivity contribution in [2.45, 2.75) is 59.4 Å². The molecule has 0 aromatic carbocycles. The molecule has 1 saturated heterocycles. The summed E-state index contributed by atoms with van der Waals surface area (Å²) in [5, 5.41) is 14.6. The second kappa shape index (κ2) is 11.3. The van der Waals surface area contributed by atoms with Gasteiger partial charge >= 0.3 is 0 Å². The summed E-state index contributed by atoms with van der Waals surface area (Å²) in [6.07, 6.45) is 7.99. The highest BCUT2D eigenvalue weighted by atomic mass is 16.5. The van der Waals surface area contributed by atoms with E-state index in [0.29, 0.717) is 43.1 Å². The molecule has 1 aromatic heterocycles. The predicted octanol–water partition coefficient (Wildman–Crippen LogP) is 2.80. The van der Waals surface area contributed by atoms with Crippen LogP contribution in [0.1, 0.15) is 51.5 Å². The number of nitrogens with zero attached hydrogens (tertiary/aromatic N) is 2. The van der Waals surface area contributed by atoms with Crippen LogP contribution in [-0.2, 0) is 16.0 Å². The third kappa shape index (κ3) is 6.67. The summed E-state index contributed by atoms with van der Waals surface area (Å²) in [5.41, 5.74) is 9.26. The van der Waals surface area contributed by atoms with E-state index in [4.69, 9.17) is 15.7 Å². The molecule has 1 fully saturated rings. The zero-order valence-electron chi connectivity index (χ0n) is 18.8. The van der Waals surface area contributed by atoms with E-state index < -0.39 is 6.04 Å². The third-order valence-electron chi connectivity index (χ3n) is 5.15. The van der Waals surface area contributed by atoms with Gasteiger partial charge in [-0.15, -0.1) is 0 Å². The van der Waals surface area contributed by atoms with Crippen LogP contribution in [0.4, 0.5) is 0 Å². The monoisotopic (exact) mass is 427 g/mol. The fourth-order valence-corrected chi connectivity index (χ4v) is 3.76. The summed E-state index contributed by atoms with van der Waals surface area (Å²) in [6.45, 7) is 8.24. The molecule has 0 bridgehead atoms. The first kappa shape index (κ1) is 24.1. The second-order valence-electron chi connectivity index (χ2n) is 7.77. The van der Waals surface area contributed by atoms with Crippen LogP contribution >= 0.6 is 0 Å². The summed E-state index contributed by atoms with van der Waals surface area (Å²) >= 11 is 0. The van der Waals surface area contributed by atoms with E-state index in [2.05, 4.69) is 10.5 Å². The summed E-state index contributed by atoms with van der Waals surface area (Å²) in [4.78, 5) is 26.9. The Labute approximate surface area is 183 Å². The zero-order valence-corrected chi connectivity index (χ0v) is 18.8. The van der Waals surface area contributed by atoms with Gasteiger partial charge in [-0.2, -0.15) is 0 Å². The van der Waals surface area contributed by atoms with Crippen molar-refractivity contribution in [1.82, 2.24) is 15.4 Å². The molecule has 4 N–H and O–H groups in total. The average Bonchev–Trinajstić information content (AvgIpc) is 3.35. The molecule has 0 saturated carbocycles. The Balaban J connectivity index is 1.86. The number of amides is 2. The molecule has 2 amide bonds. The number of rotatable bonds is 9. The first-order valence-corrected chi connectivity index (χ1v) is 10.6. The largest absolute Gasteiger partial charge is 0.402 e. The number of carbonyl (C=O) groups is 2. The lowest BCUT2D eigenvalue weighted by molar-refractivity contribution is -0.138. The van der Waals surface area contributed by atoms with Crippen LogP contribution in [-0.4, -0.2) is 46.7 Å². The third-order valence-corrected chi connectivity index (χ3v) is 5.15. The lowest BCUT2D eigenvalue weighted by Crippen LogP contribution is -2.46. The van der Waals surface area contributed by atoms with Crippen LogP contribution in [0.15, 0.2) is 45.7 Å². The molecule has 2 rings (SSSR count). The molecule has 1 aromatic rings. The molecule has 1 atom stereocenters. The van der Waals surface area contributed by atoms with Crippen molar-refractivity contribution in [3.05, 3.63) is 52.6 Å². The Hall–Kier alpha value is -3.16. The highest BCUT2D eigenvalue weighted by Gasteiger charge is 2.34. The minimum atomic E-state index is -0.443. The molecule has 0 spiro atoms. The van der Waals surface area contributed by atoms with Gasteiger partial charge in [0.2, 0.25) is 11.8 Å². The highest BCUT2D eigenvalue weighted by Crippen LogP contribution is 2.19. The first-order chi connectivity index (χ1) is 14.7. The van der Waals surface area contributed by atoms with Gasteiger partial charge in [0.25, 0.3) is 0 Å². The van der Waals surface area contributed by atoms with Crippen LogP contribution < -0.4 is 11.1 Å². The molecule has 0 radical (unpaired) electrons. The summed E-state index contributed by atoms with van der Waals surface area (Å²) in [7, 11) is 0. The van der Waals surface area contributed by atoms with Crippen molar-refractivity contribution < 1.29 is 14.1 Å². The van der Waals surface area contributed by atoms with Crippen molar-refractivity contribution >= 4 is 17.5 Å². The Morgan fingerprint density at radius 3 is 2.74 bits per heavy atom. The molecule has 0 unspecified atom stereocenters. The smallest absolute Gasteiger partial charge is 0.242 e. The summed E-state index contributed by atoms with van der Waals surface area (Å²) in [5.74, 6) is 0.262. The van der Waals surface area contributed by atoms with Gasteiger partial charge in [-0.25, -0.2) is 0 Å². The lowest BCUT2D eigenvalue weighted by atomic mass is 9.99. The van der Waals surface area contributed by atoms with Crippen molar-refractivity contribution in [3.63, 3.8) is 0 Å². The second-order valence-corrected chi connectivity index (χ2v) is 7.77. The number of aromatic nitrogens is 1. The number of carbonyl (C=O) groups excluding carboxylic acids is 2. The van der Waals surface area contributed by atoms with E-state index in [1.807, 2.05) is 25.2 Å². The first-order valence-electron chi connectivity index (χ1n) is 10.6. The van der Waals surface area contributed by atoms with Gasteiger partial charge in [0.05, 0.1) is 12.1 Å². The number of nitrogens with two attached hydrogens (primary N) is 1. The van der Waals surface area contributed by atoms with E-state index >= 15 is 0 Å². The quantitative estimate of drug-likeness (QED) is 0.317. The Bertz CT molecular complexity index is 906.